The van der Waals surface area contributed by atoms with Gasteiger partial charge in [-0.1, -0.05) is 6.92 Å². The summed E-state index contributed by atoms with van der Waals surface area (Å²) in [5.74, 6) is 0.101. The van der Waals surface area contributed by atoms with E-state index in [1.54, 1.807) is 0 Å². The van der Waals surface area contributed by atoms with Crippen LogP contribution < -0.4 is 0 Å². The van der Waals surface area contributed by atoms with Crippen LogP contribution in [0.2, 0.25) is 0 Å². The molecule has 0 aliphatic heterocycles. The van der Waals surface area contributed by atoms with E-state index in [0.717, 1.165) is 10.6 Å². The number of nitrogens with zero attached hydrogens (tertiary/aromatic N) is 7. The van der Waals surface area contributed by atoms with E-state index in [1.807, 2.05) is 0 Å². The van der Waals surface area contributed by atoms with Crippen LogP contribution in [0.3, 0.4) is 0 Å². The van der Waals surface area contributed by atoms with Crippen LogP contribution in [0.5, 0.6) is 0 Å². The molecule has 0 radical (unpaired) electrons. The molecule has 0 bridgehead atoms. The summed E-state index contributed by atoms with van der Waals surface area (Å²) in [6.07, 6.45) is 0.535. The van der Waals surface area contributed by atoms with Crippen LogP contribution in [0.25, 0.3) is 22.7 Å². The van der Waals surface area contributed by atoms with Gasteiger partial charge in [-0.15, -0.1) is 0 Å². The molecule has 29 heavy (non-hydrogen) atoms. The number of alkyl halides is 3. The van der Waals surface area contributed by atoms with E-state index in [2.05, 4.69) is 25.1 Å². The summed E-state index contributed by atoms with van der Waals surface area (Å²) in [5.41, 5.74) is -0.928. The number of halogens is 3. The Kier molecular flexibility index (Phi) is 4.33. The highest BCUT2D eigenvalue weighted by Crippen LogP contribution is 2.30. The van der Waals surface area contributed by atoms with Crippen LogP contribution in [-0.2, 0) is 16.0 Å². The van der Waals surface area contributed by atoms with Crippen molar-refractivity contribution < 1.29 is 21.6 Å². The zero-order valence-electron chi connectivity index (χ0n) is 14.7. The minimum absolute atomic E-state index is 0.0262. The first-order valence-corrected chi connectivity index (χ1v) is 9.86. The quantitative estimate of drug-likeness (QED) is 0.495. The molecule has 0 spiro atoms. The zero-order chi connectivity index (χ0) is 20.8. The van der Waals surface area contributed by atoms with Crippen LogP contribution in [0.4, 0.5) is 13.2 Å². The Bertz CT molecular complexity index is 1300. The molecule has 0 N–H and O–H groups in total. The molecule has 4 rings (SSSR count). The molecule has 0 aliphatic rings. The summed E-state index contributed by atoms with van der Waals surface area (Å²) in [7, 11) is -3.68. The lowest BCUT2D eigenvalue weighted by Crippen LogP contribution is -2.09. The molecule has 0 saturated heterocycles. The summed E-state index contributed by atoms with van der Waals surface area (Å²) in [4.78, 5) is 12.0. The highest BCUT2D eigenvalue weighted by Gasteiger charge is 2.34. The lowest BCUT2D eigenvalue weighted by Gasteiger charge is -2.11. The van der Waals surface area contributed by atoms with Crippen LogP contribution in [-0.4, -0.2) is 48.5 Å². The average molecular weight is 423 g/mol. The molecular weight excluding hydrogens is 411 g/mol. The number of fused-ring (bicyclic) bond motifs is 1. The van der Waals surface area contributed by atoms with Crippen molar-refractivity contribution >= 4 is 15.5 Å². The van der Waals surface area contributed by atoms with Crippen molar-refractivity contribution in [2.45, 2.75) is 18.0 Å². The van der Waals surface area contributed by atoms with Crippen LogP contribution >= 0.6 is 0 Å². The van der Waals surface area contributed by atoms with Gasteiger partial charge >= 0.3 is 6.18 Å². The molecule has 150 valence electrons. The van der Waals surface area contributed by atoms with Crippen molar-refractivity contribution in [3.63, 3.8) is 0 Å². The molecule has 0 saturated carbocycles. The second-order valence-corrected chi connectivity index (χ2v) is 8.18. The highest BCUT2D eigenvalue weighted by atomic mass is 32.2. The van der Waals surface area contributed by atoms with Gasteiger partial charge in [0.1, 0.15) is 12.7 Å². The maximum atomic E-state index is 12.9. The van der Waals surface area contributed by atoms with Crippen LogP contribution in [0, 0.1) is 0 Å². The van der Waals surface area contributed by atoms with Gasteiger partial charge in [0.2, 0.25) is 0 Å². The SMILES string of the molecule is CCS(=O)(=O)c1ccc(-n2cncn2)nc1-c1cnc2cc(C(F)(F)F)nn2c1. The normalized spacial score (nSPS) is 12.6. The fourth-order valence-electron chi connectivity index (χ4n) is 2.64. The number of hydrogen-bond donors (Lipinski definition) is 0. The summed E-state index contributed by atoms with van der Waals surface area (Å²) < 4.78 is 66.1. The molecule has 4 heterocycles. The lowest BCUT2D eigenvalue weighted by molar-refractivity contribution is -0.141. The number of hydrogen-bond acceptors (Lipinski definition) is 7. The second kappa shape index (κ2) is 6.62. The fraction of sp³-hybridized carbons (Fsp3) is 0.188. The van der Waals surface area contributed by atoms with Crippen molar-refractivity contribution in [1.29, 1.82) is 0 Å². The number of sulfone groups is 1. The largest absolute Gasteiger partial charge is 0.435 e. The summed E-state index contributed by atoms with van der Waals surface area (Å²) >= 11 is 0. The number of pyridine rings is 1. The van der Waals surface area contributed by atoms with E-state index in [9.17, 15) is 21.6 Å². The molecule has 0 atom stereocenters. The monoisotopic (exact) mass is 423 g/mol. The van der Waals surface area contributed by atoms with E-state index in [1.165, 1.54) is 48.8 Å². The molecule has 0 fully saturated rings. The third kappa shape index (κ3) is 3.44. The maximum absolute atomic E-state index is 12.9. The Morgan fingerprint density at radius 3 is 2.66 bits per heavy atom. The Morgan fingerprint density at radius 2 is 2.00 bits per heavy atom. The van der Waals surface area contributed by atoms with Crippen molar-refractivity contribution in [2.24, 2.45) is 0 Å². The fourth-order valence-corrected chi connectivity index (χ4v) is 3.69. The first kappa shape index (κ1) is 19.0. The van der Waals surface area contributed by atoms with Crippen LogP contribution in [0.15, 0.2) is 48.1 Å². The standard InChI is InChI=1S/C16H12F3N7O2S/c1-2-29(27,28)11-3-4-13(26-9-20-8-22-26)23-15(11)10-6-21-14-5-12(16(17,18)19)24-25(14)7-10/h3-9H,2H2,1H3. The highest BCUT2D eigenvalue weighted by molar-refractivity contribution is 7.91. The van der Waals surface area contributed by atoms with E-state index < -0.39 is 21.7 Å². The molecule has 0 amide bonds. The van der Waals surface area contributed by atoms with Gasteiger partial charge < -0.3 is 0 Å². The third-order valence-electron chi connectivity index (χ3n) is 4.09. The summed E-state index contributed by atoms with van der Waals surface area (Å²) in [5, 5.41) is 7.43. The predicted molar refractivity (Wildman–Crippen MR) is 93.9 cm³/mol. The second-order valence-electron chi connectivity index (χ2n) is 5.93. The minimum Gasteiger partial charge on any atom is -0.236 e. The van der Waals surface area contributed by atoms with Crippen molar-refractivity contribution in [3.8, 4) is 17.1 Å². The molecule has 0 aromatic carbocycles. The van der Waals surface area contributed by atoms with Crippen molar-refractivity contribution in [1.82, 2.24) is 34.3 Å². The van der Waals surface area contributed by atoms with Crippen molar-refractivity contribution in [3.05, 3.63) is 48.9 Å². The minimum atomic E-state index is -4.63. The molecular formula is C16H12F3N7O2S. The molecule has 9 nitrogen and oxygen atoms in total. The topological polar surface area (TPSA) is 108 Å². The van der Waals surface area contributed by atoms with Crippen LogP contribution in [0.1, 0.15) is 12.6 Å². The number of aromatic nitrogens is 7. The first-order valence-electron chi connectivity index (χ1n) is 8.21. The van der Waals surface area contributed by atoms with Gasteiger partial charge in [0.25, 0.3) is 0 Å². The molecule has 4 aromatic rings. The Hall–Kier alpha value is -3.35. The molecule has 4 aromatic heterocycles. The smallest absolute Gasteiger partial charge is 0.236 e. The van der Waals surface area contributed by atoms with Gasteiger partial charge in [-0.2, -0.15) is 23.4 Å². The maximum Gasteiger partial charge on any atom is 0.435 e. The van der Waals surface area contributed by atoms with Crippen molar-refractivity contribution in [2.75, 3.05) is 5.75 Å². The average Bonchev–Trinajstić information content (AvgIpc) is 3.36. The van der Waals surface area contributed by atoms with E-state index >= 15 is 0 Å². The molecule has 0 unspecified atom stereocenters. The van der Waals surface area contributed by atoms with Gasteiger partial charge in [0.05, 0.1) is 16.3 Å². The van der Waals surface area contributed by atoms with E-state index in [4.69, 9.17) is 0 Å². The molecule has 0 aliphatic carbocycles. The van der Waals surface area contributed by atoms with Gasteiger partial charge in [-0.05, 0) is 12.1 Å². The van der Waals surface area contributed by atoms with E-state index in [-0.39, 0.29) is 33.4 Å². The van der Waals surface area contributed by atoms with E-state index in [0.29, 0.717) is 0 Å². The van der Waals surface area contributed by atoms with Gasteiger partial charge in [-0.3, -0.25) is 0 Å². The number of rotatable bonds is 4. The van der Waals surface area contributed by atoms with Gasteiger partial charge in [-0.25, -0.2) is 32.6 Å². The Morgan fingerprint density at radius 1 is 1.21 bits per heavy atom. The summed E-state index contributed by atoms with van der Waals surface area (Å²) in [6, 6.07) is 3.63. The predicted octanol–water partition coefficient (Wildman–Crippen LogP) is 2.18. The Balaban J connectivity index is 1.93. The Labute approximate surface area is 161 Å². The van der Waals surface area contributed by atoms with Gasteiger partial charge in [0.15, 0.2) is 27.0 Å². The third-order valence-corrected chi connectivity index (χ3v) is 5.85. The lowest BCUT2D eigenvalue weighted by atomic mass is 10.2. The first-order chi connectivity index (χ1) is 13.7. The summed E-state index contributed by atoms with van der Waals surface area (Å²) in [6.45, 7) is 1.48. The zero-order valence-corrected chi connectivity index (χ0v) is 15.6. The molecule has 13 heteroatoms. The van der Waals surface area contributed by atoms with Gasteiger partial charge in [0, 0.05) is 24.0 Å².